The van der Waals surface area contributed by atoms with Gasteiger partial charge in [-0.25, -0.2) is 4.98 Å². The van der Waals surface area contributed by atoms with Crippen molar-refractivity contribution >= 4 is 16.8 Å². The molecule has 1 aromatic carbocycles. The number of benzene rings is 1. The minimum Gasteiger partial charge on any atom is -0.328 e. The Morgan fingerprint density at radius 3 is 2.94 bits per heavy atom. The number of fused-ring (bicyclic) bond motifs is 1. The molecule has 3 rings (SSSR count). The van der Waals surface area contributed by atoms with Crippen LogP contribution < -0.4 is 0 Å². The van der Waals surface area contributed by atoms with Crippen LogP contribution >= 0.6 is 0 Å². The van der Waals surface area contributed by atoms with Gasteiger partial charge in [0.2, 0.25) is 0 Å². The van der Waals surface area contributed by atoms with Crippen molar-refractivity contribution in [2.24, 2.45) is 5.92 Å². The maximum absolute atomic E-state index is 11.8. The van der Waals surface area contributed by atoms with Crippen molar-refractivity contribution in [3.8, 4) is 0 Å². The van der Waals surface area contributed by atoms with Gasteiger partial charge in [0, 0.05) is 25.3 Å². The zero-order valence-corrected chi connectivity index (χ0v) is 10.7. The quantitative estimate of drug-likeness (QED) is 0.829. The molecule has 1 heterocycles. The summed E-state index contributed by atoms with van der Waals surface area (Å²) in [5.41, 5.74) is 2.22. The summed E-state index contributed by atoms with van der Waals surface area (Å²) in [7, 11) is 0. The molecule has 2 aromatic rings. The first-order valence-corrected chi connectivity index (χ1v) is 6.76. The predicted octanol–water partition coefficient (Wildman–Crippen LogP) is 2.97. The van der Waals surface area contributed by atoms with Crippen molar-refractivity contribution in [1.82, 2.24) is 9.55 Å². The van der Waals surface area contributed by atoms with Crippen molar-refractivity contribution in [3.63, 3.8) is 0 Å². The van der Waals surface area contributed by atoms with E-state index in [1.807, 2.05) is 18.2 Å². The summed E-state index contributed by atoms with van der Waals surface area (Å²) >= 11 is 0. The Labute approximate surface area is 107 Å². The summed E-state index contributed by atoms with van der Waals surface area (Å²) in [6.45, 7) is 3.05. The Bertz CT molecular complexity index is 585. The molecule has 18 heavy (non-hydrogen) atoms. The molecule has 1 aliphatic rings. The molecule has 0 radical (unpaired) electrons. The molecule has 1 atom stereocenters. The van der Waals surface area contributed by atoms with E-state index in [2.05, 4.69) is 17.6 Å². The van der Waals surface area contributed by atoms with E-state index >= 15 is 0 Å². The molecular formula is C15H18N2O. The topological polar surface area (TPSA) is 34.9 Å². The van der Waals surface area contributed by atoms with E-state index in [0.717, 1.165) is 43.6 Å². The van der Waals surface area contributed by atoms with Crippen LogP contribution in [0, 0.1) is 5.92 Å². The fourth-order valence-electron chi connectivity index (χ4n) is 2.96. The van der Waals surface area contributed by atoms with E-state index in [4.69, 9.17) is 4.98 Å². The van der Waals surface area contributed by atoms with Gasteiger partial charge in [0.1, 0.15) is 11.6 Å². The van der Waals surface area contributed by atoms with E-state index in [0.29, 0.717) is 5.78 Å². The lowest BCUT2D eigenvalue weighted by atomic mass is 10.0. The van der Waals surface area contributed by atoms with Crippen LogP contribution in [0.25, 0.3) is 11.0 Å². The number of hydrogen-bond donors (Lipinski definition) is 0. The molecule has 1 saturated carbocycles. The van der Waals surface area contributed by atoms with Crippen molar-refractivity contribution in [2.45, 2.75) is 39.2 Å². The van der Waals surface area contributed by atoms with E-state index in [1.165, 1.54) is 5.52 Å². The van der Waals surface area contributed by atoms with Crippen LogP contribution in [-0.2, 0) is 17.8 Å². The smallest absolute Gasteiger partial charge is 0.136 e. The molecule has 3 heteroatoms. The van der Waals surface area contributed by atoms with Crippen LogP contribution in [0.3, 0.4) is 0 Å². The SMILES string of the molecule is CCn1c(CC2CCCC2=O)nc2ccccc21. The Hall–Kier alpha value is -1.64. The van der Waals surface area contributed by atoms with Crippen LogP contribution in [-0.4, -0.2) is 15.3 Å². The van der Waals surface area contributed by atoms with Gasteiger partial charge in [0.05, 0.1) is 11.0 Å². The molecule has 0 amide bonds. The molecule has 3 nitrogen and oxygen atoms in total. The second-order valence-corrected chi connectivity index (χ2v) is 5.02. The second kappa shape index (κ2) is 4.56. The number of hydrogen-bond acceptors (Lipinski definition) is 2. The molecule has 1 aromatic heterocycles. The van der Waals surface area contributed by atoms with Gasteiger partial charge in [-0.3, -0.25) is 4.79 Å². The van der Waals surface area contributed by atoms with Crippen LogP contribution in [0.2, 0.25) is 0 Å². The third-order valence-electron chi connectivity index (χ3n) is 3.91. The molecule has 1 fully saturated rings. The number of imidazole rings is 1. The summed E-state index contributed by atoms with van der Waals surface area (Å²) in [5.74, 6) is 1.69. The van der Waals surface area contributed by atoms with Gasteiger partial charge < -0.3 is 4.57 Å². The number of nitrogens with zero attached hydrogens (tertiary/aromatic N) is 2. The van der Waals surface area contributed by atoms with E-state index < -0.39 is 0 Å². The lowest BCUT2D eigenvalue weighted by Gasteiger charge is -2.09. The molecular weight excluding hydrogens is 224 g/mol. The van der Waals surface area contributed by atoms with Gasteiger partial charge >= 0.3 is 0 Å². The third kappa shape index (κ3) is 1.84. The van der Waals surface area contributed by atoms with Crippen molar-refractivity contribution in [2.75, 3.05) is 0 Å². The number of carbonyl (C=O) groups is 1. The van der Waals surface area contributed by atoms with E-state index in [9.17, 15) is 4.79 Å². The highest BCUT2D eigenvalue weighted by Crippen LogP contribution is 2.26. The molecule has 0 N–H and O–H groups in total. The summed E-state index contributed by atoms with van der Waals surface area (Å²) in [6.07, 6.45) is 3.65. The minimum atomic E-state index is 0.201. The van der Waals surface area contributed by atoms with Gasteiger partial charge in [-0.1, -0.05) is 12.1 Å². The lowest BCUT2D eigenvalue weighted by molar-refractivity contribution is -0.120. The third-order valence-corrected chi connectivity index (χ3v) is 3.91. The highest BCUT2D eigenvalue weighted by Gasteiger charge is 2.26. The first-order valence-electron chi connectivity index (χ1n) is 6.76. The minimum absolute atomic E-state index is 0.201. The zero-order chi connectivity index (χ0) is 12.5. The number of ketones is 1. The number of carbonyl (C=O) groups excluding carboxylic acids is 1. The summed E-state index contributed by atoms with van der Waals surface area (Å²) < 4.78 is 2.24. The molecule has 0 spiro atoms. The van der Waals surface area contributed by atoms with Crippen LogP contribution in [0.15, 0.2) is 24.3 Å². The molecule has 1 aliphatic carbocycles. The molecule has 0 aliphatic heterocycles. The van der Waals surface area contributed by atoms with Gasteiger partial charge in [0.25, 0.3) is 0 Å². The highest BCUT2D eigenvalue weighted by molar-refractivity contribution is 5.83. The van der Waals surface area contributed by atoms with E-state index in [-0.39, 0.29) is 5.92 Å². The summed E-state index contributed by atoms with van der Waals surface area (Å²) in [6, 6.07) is 8.20. The number of para-hydroxylation sites is 2. The molecule has 94 valence electrons. The average Bonchev–Trinajstić information content (AvgIpc) is 2.93. The zero-order valence-electron chi connectivity index (χ0n) is 10.7. The standard InChI is InChI=1S/C15H18N2O/c1-2-17-13-8-4-3-7-12(13)16-15(17)10-11-6-5-9-14(11)18/h3-4,7-8,11H,2,5-6,9-10H2,1H3. The summed E-state index contributed by atoms with van der Waals surface area (Å²) in [5, 5.41) is 0. The highest BCUT2D eigenvalue weighted by atomic mass is 16.1. The molecule has 1 unspecified atom stereocenters. The second-order valence-electron chi connectivity index (χ2n) is 5.02. The molecule has 0 bridgehead atoms. The normalized spacial score (nSPS) is 19.8. The summed E-state index contributed by atoms with van der Waals surface area (Å²) in [4.78, 5) is 16.4. The first-order chi connectivity index (χ1) is 8.79. The average molecular weight is 242 g/mol. The monoisotopic (exact) mass is 242 g/mol. The van der Waals surface area contributed by atoms with Gasteiger partial charge in [-0.05, 0) is 31.9 Å². The van der Waals surface area contributed by atoms with Gasteiger partial charge in [-0.15, -0.1) is 0 Å². The lowest BCUT2D eigenvalue weighted by Crippen LogP contribution is -2.13. The maximum atomic E-state index is 11.8. The first kappa shape index (κ1) is 11.5. The Kier molecular flexibility index (Phi) is 2.90. The fraction of sp³-hybridized carbons (Fsp3) is 0.467. The van der Waals surface area contributed by atoms with Gasteiger partial charge in [0.15, 0.2) is 0 Å². The maximum Gasteiger partial charge on any atom is 0.136 e. The van der Waals surface area contributed by atoms with Crippen molar-refractivity contribution in [1.29, 1.82) is 0 Å². The number of aryl methyl sites for hydroxylation is 1. The number of aromatic nitrogens is 2. The van der Waals surface area contributed by atoms with Crippen LogP contribution in [0.1, 0.15) is 32.0 Å². The van der Waals surface area contributed by atoms with Gasteiger partial charge in [-0.2, -0.15) is 0 Å². The van der Waals surface area contributed by atoms with Crippen molar-refractivity contribution < 1.29 is 4.79 Å². The Balaban J connectivity index is 1.98. The number of Topliss-reactive ketones (excluding diaryl/α,β-unsaturated/α-hetero) is 1. The Morgan fingerprint density at radius 2 is 2.22 bits per heavy atom. The fourth-order valence-corrected chi connectivity index (χ4v) is 2.96. The number of rotatable bonds is 3. The largest absolute Gasteiger partial charge is 0.328 e. The molecule has 0 saturated heterocycles. The van der Waals surface area contributed by atoms with Crippen LogP contribution in [0.5, 0.6) is 0 Å². The van der Waals surface area contributed by atoms with E-state index in [1.54, 1.807) is 0 Å². The van der Waals surface area contributed by atoms with Crippen molar-refractivity contribution in [3.05, 3.63) is 30.1 Å². The predicted molar refractivity (Wildman–Crippen MR) is 71.5 cm³/mol. The van der Waals surface area contributed by atoms with Crippen LogP contribution in [0.4, 0.5) is 0 Å². The Morgan fingerprint density at radius 1 is 1.39 bits per heavy atom.